The van der Waals surface area contributed by atoms with Crippen LogP contribution in [0.1, 0.15) is 25.7 Å². The van der Waals surface area contributed by atoms with Gasteiger partial charge in [0.2, 0.25) is 5.95 Å². The average molecular weight is 428 g/mol. The number of aromatic nitrogens is 2. The molecule has 1 aliphatic heterocycles. The van der Waals surface area contributed by atoms with Crippen LogP contribution >= 0.6 is 24.0 Å². The predicted octanol–water partition coefficient (Wildman–Crippen LogP) is 2.03. The summed E-state index contributed by atoms with van der Waals surface area (Å²) < 4.78 is 0. The Balaban J connectivity index is 0.00000192. The molecule has 0 bridgehead atoms. The molecule has 0 unspecified atom stereocenters. The van der Waals surface area contributed by atoms with E-state index in [1.807, 2.05) is 6.07 Å². The fourth-order valence-electron chi connectivity index (χ4n) is 2.97. The van der Waals surface area contributed by atoms with E-state index < -0.39 is 0 Å². The molecule has 7 heteroatoms. The van der Waals surface area contributed by atoms with E-state index in [1.54, 1.807) is 18.0 Å². The number of hydrogen-bond donors (Lipinski definition) is 1. The predicted molar refractivity (Wildman–Crippen MR) is 104 cm³/mol. The third-order valence-corrected chi connectivity index (χ3v) is 4.28. The van der Waals surface area contributed by atoms with E-state index in [-0.39, 0.29) is 24.0 Å². The van der Waals surface area contributed by atoms with Gasteiger partial charge in [0.15, 0.2) is 5.96 Å². The summed E-state index contributed by atoms with van der Waals surface area (Å²) in [7, 11) is 0. The molecular weight excluding hydrogens is 403 g/mol. The standard InChI is InChI=1S/C16H24N6.HI/c17-15(18-9-6-14-4-1-2-5-14)21-10-12-22(13-11-21)16-19-7-3-8-20-16;/h3-4,7-8H,1-2,5-6,9-13H2,(H2,17,18);1H. The van der Waals surface area contributed by atoms with Gasteiger partial charge in [-0.05, 0) is 31.7 Å². The number of guanidine groups is 1. The largest absolute Gasteiger partial charge is 0.370 e. The molecule has 2 aliphatic rings. The first-order valence-electron chi connectivity index (χ1n) is 8.07. The topological polar surface area (TPSA) is 70.6 Å². The second kappa shape index (κ2) is 9.05. The smallest absolute Gasteiger partial charge is 0.225 e. The van der Waals surface area contributed by atoms with Gasteiger partial charge in [0.25, 0.3) is 0 Å². The van der Waals surface area contributed by atoms with E-state index in [0.29, 0.717) is 5.96 Å². The molecule has 0 amide bonds. The van der Waals surface area contributed by atoms with Crippen LogP contribution in [0.3, 0.4) is 0 Å². The first kappa shape index (κ1) is 18.0. The first-order valence-corrected chi connectivity index (χ1v) is 8.07. The molecule has 0 spiro atoms. The van der Waals surface area contributed by atoms with Crippen molar-refractivity contribution in [2.75, 3.05) is 37.6 Å². The molecule has 126 valence electrons. The Bertz CT molecular complexity index is 537. The Labute approximate surface area is 154 Å². The van der Waals surface area contributed by atoms with Crippen molar-refractivity contribution in [3.05, 3.63) is 30.1 Å². The molecule has 1 fully saturated rings. The molecule has 0 radical (unpaired) electrons. The minimum absolute atomic E-state index is 0. The van der Waals surface area contributed by atoms with Crippen molar-refractivity contribution in [3.8, 4) is 0 Å². The van der Waals surface area contributed by atoms with Crippen molar-refractivity contribution < 1.29 is 0 Å². The van der Waals surface area contributed by atoms with Gasteiger partial charge in [0.05, 0.1) is 0 Å². The number of piperazine rings is 1. The molecule has 1 aromatic rings. The lowest BCUT2D eigenvalue weighted by Gasteiger charge is -2.35. The third kappa shape index (κ3) is 5.05. The second-order valence-electron chi connectivity index (χ2n) is 5.77. The quantitative estimate of drug-likeness (QED) is 0.344. The van der Waals surface area contributed by atoms with Crippen molar-refractivity contribution in [3.63, 3.8) is 0 Å². The van der Waals surface area contributed by atoms with Gasteiger partial charge < -0.3 is 15.5 Å². The number of allylic oxidation sites excluding steroid dienone is 1. The van der Waals surface area contributed by atoms with Gasteiger partial charge in [0.1, 0.15) is 0 Å². The lowest BCUT2D eigenvalue weighted by Crippen LogP contribution is -2.51. The summed E-state index contributed by atoms with van der Waals surface area (Å²) in [4.78, 5) is 17.5. The number of anilines is 1. The molecule has 2 N–H and O–H groups in total. The van der Waals surface area contributed by atoms with E-state index in [2.05, 4.69) is 30.8 Å². The number of nitrogens with two attached hydrogens (primary N) is 1. The van der Waals surface area contributed by atoms with Crippen LogP contribution in [0.5, 0.6) is 0 Å². The summed E-state index contributed by atoms with van der Waals surface area (Å²) in [6.07, 6.45) is 10.7. The van der Waals surface area contributed by atoms with Crippen LogP contribution in [0, 0.1) is 0 Å². The van der Waals surface area contributed by atoms with Crippen LogP contribution in [0.25, 0.3) is 0 Å². The van der Waals surface area contributed by atoms with Crippen molar-refractivity contribution >= 4 is 35.9 Å². The monoisotopic (exact) mass is 428 g/mol. The first-order chi connectivity index (χ1) is 10.8. The van der Waals surface area contributed by atoms with E-state index in [9.17, 15) is 0 Å². The highest BCUT2D eigenvalue weighted by Crippen LogP contribution is 2.20. The van der Waals surface area contributed by atoms with Gasteiger partial charge in [0, 0.05) is 45.1 Å². The summed E-state index contributed by atoms with van der Waals surface area (Å²) in [5, 5.41) is 0. The number of rotatable bonds is 4. The third-order valence-electron chi connectivity index (χ3n) is 4.28. The number of nitrogens with zero attached hydrogens (tertiary/aromatic N) is 5. The van der Waals surface area contributed by atoms with E-state index in [4.69, 9.17) is 5.73 Å². The molecule has 1 saturated heterocycles. The highest BCUT2D eigenvalue weighted by Gasteiger charge is 2.19. The minimum Gasteiger partial charge on any atom is -0.370 e. The molecule has 1 aliphatic carbocycles. The highest BCUT2D eigenvalue weighted by molar-refractivity contribution is 14.0. The SMILES string of the molecule is I.NC(=NCCC1=CCCC1)N1CCN(c2ncccn2)CC1. The molecule has 0 atom stereocenters. The number of hydrogen-bond acceptors (Lipinski definition) is 4. The average Bonchev–Trinajstić information content (AvgIpc) is 3.09. The van der Waals surface area contributed by atoms with Gasteiger partial charge in [-0.3, -0.25) is 4.99 Å². The van der Waals surface area contributed by atoms with Gasteiger partial charge in [-0.1, -0.05) is 11.6 Å². The minimum atomic E-state index is 0. The van der Waals surface area contributed by atoms with Crippen molar-refractivity contribution in [1.82, 2.24) is 14.9 Å². The van der Waals surface area contributed by atoms with E-state index in [1.165, 1.54) is 19.3 Å². The number of aliphatic imine (C=N–C) groups is 1. The van der Waals surface area contributed by atoms with Crippen LogP contribution in [0.15, 0.2) is 35.1 Å². The molecule has 3 rings (SSSR count). The lowest BCUT2D eigenvalue weighted by atomic mass is 10.2. The van der Waals surface area contributed by atoms with Gasteiger partial charge in [-0.25, -0.2) is 9.97 Å². The highest BCUT2D eigenvalue weighted by atomic mass is 127. The summed E-state index contributed by atoms with van der Waals surface area (Å²) in [5.74, 6) is 1.47. The van der Waals surface area contributed by atoms with Crippen molar-refractivity contribution in [2.45, 2.75) is 25.7 Å². The van der Waals surface area contributed by atoms with Crippen LogP contribution in [-0.2, 0) is 0 Å². The molecule has 0 aromatic carbocycles. The molecule has 1 aromatic heterocycles. The second-order valence-corrected chi connectivity index (χ2v) is 5.77. The molecule has 2 heterocycles. The van der Waals surface area contributed by atoms with Gasteiger partial charge >= 0.3 is 0 Å². The van der Waals surface area contributed by atoms with Gasteiger partial charge in [-0.2, -0.15) is 0 Å². The Kier molecular flexibility index (Phi) is 7.07. The lowest BCUT2D eigenvalue weighted by molar-refractivity contribution is 0.378. The Hall–Kier alpha value is -1.38. The Morgan fingerprint density at radius 2 is 1.91 bits per heavy atom. The Morgan fingerprint density at radius 3 is 2.57 bits per heavy atom. The summed E-state index contributed by atoms with van der Waals surface area (Å²) in [5.41, 5.74) is 7.67. The van der Waals surface area contributed by atoms with Crippen LogP contribution in [-0.4, -0.2) is 53.6 Å². The molecule has 6 nitrogen and oxygen atoms in total. The zero-order chi connectivity index (χ0) is 15.2. The van der Waals surface area contributed by atoms with Crippen LogP contribution < -0.4 is 10.6 Å². The van der Waals surface area contributed by atoms with Crippen molar-refractivity contribution in [1.29, 1.82) is 0 Å². The molecule has 23 heavy (non-hydrogen) atoms. The maximum absolute atomic E-state index is 6.12. The molecular formula is C16H25IN6. The summed E-state index contributed by atoms with van der Waals surface area (Å²) >= 11 is 0. The van der Waals surface area contributed by atoms with Crippen molar-refractivity contribution in [2.24, 2.45) is 10.7 Å². The fraction of sp³-hybridized carbons (Fsp3) is 0.562. The van der Waals surface area contributed by atoms with E-state index >= 15 is 0 Å². The van der Waals surface area contributed by atoms with E-state index in [0.717, 1.165) is 45.1 Å². The fourth-order valence-corrected chi connectivity index (χ4v) is 2.97. The summed E-state index contributed by atoms with van der Waals surface area (Å²) in [6, 6.07) is 1.84. The normalized spacial score (nSPS) is 18.6. The Morgan fingerprint density at radius 1 is 1.17 bits per heavy atom. The summed E-state index contributed by atoms with van der Waals surface area (Å²) in [6.45, 7) is 4.31. The van der Waals surface area contributed by atoms with Crippen LogP contribution in [0.2, 0.25) is 0 Å². The number of halogens is 1. The zero-order valence-electron chi connectivity index (χ0n) is 13.4. The maximum atomic E-state index is 6.12. The zero-order valence-corrected chi connectivity index (χ0v) is 15.7. The van der Waals surface area contributed by atoms with Gasteiger partial charge in [-0.15, -0.1) is 24.0 Å². The molecule has 0 saturated carbocycles. The maximum Gasteiger partial charge on any atom is 0.225 e. The van der Waals surface area contributed by atoms with Crippen LogP contribution in [0.4, 0.5) is 5.95 Å².